The molecule has 0 spiro atoms. The van der Waals surface area contributed by atoms with Crippen LogP contribution in [0.4, 0.5) is 0 Å². The molecule has 29 heavy (non-hydrogen) atoms. The summed E-state index contributed by atoms with van der Waals surface area (Å²) in [7, 11) is 0. The molecule has 150 valence electrons. The van der Waals surface area contributed by atoms with Gasteiger partial charge in [0.1, 0.15) is 22.6 Å². The van der Waals surface area contributed by atoms with Crippen LogP contribution in [-0.2, 0) is 4.79 Å². The van der Waals surface area contributed by atoms with Gasteiger partial charge in [0, 0.05) is 18.0 Å². The van der Waals surface area contributed by atoms with Gasteiger partial charge in [-0.2, -0.15) is 0 Å². The van der Waals surface area contributed by atoms with Gasteiger partial charge >= 0.3 is 11.6 Å². The summed E-state index contributed by atoms with van der Waals surface area (Å²) < 4.78 is 15.8. The molecule has 0 saturated heterocycles. The van der Waals surface area contributed by atoms with Crippen molar-refractivity contribution in [1.29, 1.82) is 0 Å². The van der Waals surface area contributed by atoms with E-state index in [4.69, 9.17) is 13.9 Å². The number of hydrogen-bond acceptors (Lipinski definition) is 6. The minimum Gasteiger partial charge on any atom is -0.482 e. The van der Waals surface area contributed by atoms with Crippen LogP contribution in [0.2, 0.25) is 0 Å². The fourth-order valence-corrected chi connectivity index (χ4v) is 2.58. The summed E-state index contributed by atoms with van der Waals surface area (Å²) in [5.74, 6) is -0.304. The second-order valence-electron chi connectivity index (χ2n) is 6.48. The SMILES string of the molecule is CCCNC(=O)c1cc2ccc(OC(=O)COc3ccc(C)cc3)cc2oc1=O. The molecule has 0 aliphatic heterocycles. The van der Waals surface area contributed by atoms with Gasteiger partial charge in [-0.05, 0) is 43.7 Å². The van der Waals surface area contributed by atoms with Gasteiger partial charge < -0.3 is 19.2 Å². The van der Waals surface area contributed by atoms with Crippen LogP contribution >= 0.6 is 0 Å². The van der Waals surface area contributed by atoms with Crippen LogP contribution in [0.25, 0.3) is 11.0 Å². The number of nitrogens with one attached hydrogen (secondary N) is 1. The van der Waals surface area contributed by atoms with Crippen LogP contribution in [0.3, 0.4) is 0 Å². The van der Waals surface area contributed by atoms with Crippen LogP contribution in [0.5, 0.6) is 11.5 Å². The Hall–Kier alpha value is -3.61. The highest BCUT2D eigenvalue weighted by Gasteiger charge is 2.14. The number of aryl methyl sites for hydroxylation is 1. The van der Waals surface area contributed by atoms with Crippen LogP contribution in [-0.4, -0.2) is 25.0 Å². The smallest absolute Gasteiger partial charge is 0.349 e. The fraction of sp³-hybridized carbons (Fsp3) is 0.227. The van der Waals surface area contributed by atoms with Crippen molar-refractivity contribution in [2.45, 2.75) is 20.3 Å². The molecule has 7 nitrogen and oxygen atoms in total. The average molecular weight is 395 g/mol. The van der Waals surface area contributed by atoms with E-state index < -0.39 is 17.5 Å². The first-order chi connectivity index (χ1) is 14.0. The Morgan fingerprint density at radius 3 is 2.48 bits per heavy atom. The zero-order valence-corrected chi connectivity index (χ0v) is 16.2. The van der Waals surface area contributed by atoms with E-state index in [1.54, 1.807) is 24.3 Å². The summed E-state index contributed by atoms with van der Waals surface area (Å²) >= 11 is 0. The maximum atomic E-state index is 12.1. The Morgan fingerprint density at radius 1 is 1.03 bits per heavy atom. The van der Waals surface area contributed by atoms with Crippen molar-refractivity contribution in [3.63, 3.8) is 0 Å². The molecule has 1 aromatic heterocycles. The van der Waals surface area contributed by atoms with E-state index in [1.165, 1.54) is 12.1 Å². The second kappa shape index (κ2) is 9.05. The average Bonchev–Trinajstić information content (AvgIpc) is 2.71. The molecule has 1 heterocycles. The lowest BCUT2D eigenvalue weighted by molar-refractivity contribution is -0.136. The third-order valence-electron chi connectivity index (χ3n) is 4.10. The standard InChI is InChI=1S/C22H21NO6/c1-3-10-23-21(25)18-11-15-6-9-17(12-19(15)29-22(18)26)28-20(24)13-27-16-7-4-14(2)5-8-16/h4-9,11-12H,3,10,13H2,1-2H3,(H,23,25). The molecule has 0 aliphatic carbocycles. The Balaban J connectivity index is 1.69. The summed E-state index contributed by atoms with van der Waals surface area (Å²) in [5.41, 5.74) is 0.481. The van der Waals surface area contributed by atoms with Gasteiger partial charge in [-0.1, -0.05) is 24.6 Å². The number of carbonyl (C=O) groups is 2. The van der Waals surface area contributed by atoms with Gasteiger partial charge in [-0.15, -0.1) is 0 Å². The number of carbonyl (C=O) groups excluding carboxylic acids is 2. The first-order valence-electron chi connectivity index (χ1n) is 9.22. The van der Waals surface area contributed by atoms with Crippen molar-refractivity contribution in [3.05, 3.63) is 70.1 Å². The second-order valence-corrected chi connectivity index (χ2v) is 6.48. The van der Waals surface area contributed by atoms with Crippen molar-refractivity contribution in [1.82, 2.24) is 5.32 Å². The van der Waals surface area contributed by atoms with Crippen molar-refractivity contribution in [2.24, 2.45) is 0 Å². The van der Waals surface area contributed by atoms with Gasteiger partial charge in [0.15, 0.2) is 6.61 Å². The molecule has 3 aromatic rings. The predicted octanol–water partition coefficient (Wildman–Crippen LogP) is 3.23. The van der Waals surface area contributed by atoms with Gasteiger partial charge in [0.25, 0.3) is 5.91 Å². The lowest BCUT2D eigenvalue weighted by atomic mass is 10.1. The zero-order valence-electron chi connectivity index (χ0n) is 16.2. The molecule has 1 N–H and O–H groups in total. The molecule has 0 aliphatic rings. The molecule has 3 rings (SSSR count). The van der Waals surface area contributed by atoms with Crippen LogP contribution < -0.4 is 20.4 Å². The van der Waals surface area contributed by atoms with Gasteiger partial charge in [-0.3, -0.25) is 4.79 Å². The number of esters is 1. The van der Waals surface area contributed by atoms with Crippen molar-refractivity contribution < 1.29 is 23.5 Å². The zero-order chi connectivity index (χ0) is 20.8. The molecule has 1 amide bonds. The normalized spacial score (nSPS) is 10.6. The highest BCUT2D eigenvalue weighted by atomic mass is 16.6. The molecular formula is C22H21NO6. The first kappa shape index (κ1) is 20.1. The van der Waals surface area contributed by atoms with E-state index in [0.29, 0.717) is 17.7 Å². The van der Waals surface area contributed by atoms with Crippen LogP contribution in [0, 0.1) is 6.92 Å². The maximum Gasteiger partial charge on any atom is 0.349 e. The summed E-state index contributed by atoms with van der Waals surface area (Å²) in [4.78, 5) is 36.1. The Labute approximate surface area is 167 Å². The predicted molar refractivity (Wildman–Crippen MR) is 107 cm³/mol. The minimum absolute atomic E-state index is 0.0674. The molecule has 2 aromatic carbocycles. The number of benzene rings is 2. The van der Waals surface area contributed by atoms with E-state index >= 15 is 0 Å². The number of ether oxygens (including phenoxy) is 2. The highest BCUT2D eigenvalue weighted by Crippen LogP contribution is 2.21. The highest BCUT2D eigenvalue weighted by molar-refractivity contribution is 5.96. The van der Waals surface area contributed by atoms with Gasteiger partial charge in [-0.25, -0.2) is 9.59 Å². The van der Waals surface area contributed by atoms with E-state index in [1.807, 2.05) is 26.0 Å². The van der Waals surface area contributed by atoms with E-state index in [0.717, 1.165) is 12.0 Å². The molecule has 0 radical (unpaired) electrons. The van der Waals surface area contributed by atoms with Crippen LogP contribution in [0.15, 0.2) is 57.7 Å². The van der Waals surface area contributed by atoms with Crippen molar-refractivity contribution in [2.75, 3.05) is 13.2 Å². The van der Waals surface area contributed by atoms with Crippen molar-refractivity contribution >= 4 is 22.8 Å². The first-order valence-corrected chi connectivity index (χ1v) is 9.22. The monoisotopic (exact) mass is 395 g/mol. The Morgan fingerprint density at radius 2 is 1.76 bits per heavy atom. The summed E-state index contributed by atoms with van der Waals surface area (Å²) in [6.45, 7) is 4.08. The number of rotatable bonds is 7. The molecule has 0 bridgehead atoms. The third-order valence-corrected chi connectivity index (χ3v) is 4.10. The maximum absolute atomic E-state index is 12.1. The molecule has 0 unspecified atom stereocenters. The molecule has 0 saturated carbocycles. The van der Waals surface area contributed by atoms with Gasteiger partial charge in [0.05, 0.1) is 0 Å². The third kappa shape index (κ3) is 5.22. The summed E-state index contributed by atoms with van der Waals surface area (Å²) in [6, 6.07) is 13.3. The van der Waals surface area contributed by atoms with Crippen molar-refractivity contribution in [3.8, 4) is 11.5 Å². The molecule has 0 fully saturated rings. The van der Waals surface area contributed by atoms with E-state index in [-0.39, 0.29) is 23.5 Å². The largest absolute Gasteiger partial charge is 0.482 e. The number of fused-ring (bicyclic) bond motifs is 1. The Bertz CT molecular complexity index is 1080. The number of amides is 1. The lowest BCUT2D eigenvalue weighted by Gasteiger charge is -2.08. The molecule has 0 atom stereocenters. The fourth-order valence-electron chi connectivity index (χ4n) is 2.58. The minimum atomic E-state index is -0.753. The quantitative estimate of drug-likeness (QED) is 0.375. The summed E-state index contributed by atoms with van der Waals surface area (Å²) in [6.07, 6.45) is 0.757. The van der Waals surface area contributed by atoms with E-state index in [2.05, 4.69) is 5.32 Å². The lowest BCUT2D eigenvalue weighted by Crippen LogP contribution is -2.28. The summed E-state index contributed by atoms with van der Waals surface area (Å²) in [5, 5.41) is 3.18. The van der Waals surface area contributed by atoms with Crippen LogP contribution in [0.1, 0.15) is 29.3 Å². The van der Waals surface area contributed by atoms with E-state index in [9.17, 15) is 14.4 Å². The number of hydrogen-bond donors (Lipinski definition) is 1. The Kier molecular flexibility index (Phi) is 6.29. The van der Waals surface area contributed by atoms with Gasteiger partial charge in [0.2, 0.25) is 0 Å². The molecule has 7 heteroatoms. The molecular weight excluding hydrogens is 374 g/mol. The topological polar surface area (TPSA) is 94.8 Å².